The highest BCUT2D eigenvalue weighted by Crippen LogP contribution is 2.34. The molecule has 104 valence electrons. The van der Waals surface area contributed by atoms with E-state index in [2.05, 4.69) is 0 Å². The van der Waals surface area contributed by atoms with Crippen molar-refractivity contribution in [3.8, 4) is 0 Å². The Morgan fingerprint density at radius 3 is 2.74 bits per heavy atom. The van der Waals surface area contributed by atoms with Crippen molar-refractivity contribution in [3.63, 3.8) is 0 Å². The van der Waals surface area contributed by atoms with Crippen molar-refractivity contribution in [2.45, 2.75) is 44.8 Å². The van der Waals surface area contributed by atoms with Gasteiger partial charge in [0.1, 0.15) is 5.82 Å². The Hall–Kier alpha value is -1.13. The predicted molar refractivity (Wildman–Crippen MR) is 73.3 cm³/mol. The van der Waals surface area contributed by atoms with Gasteiger partial charge in [0.2, 0.25) is 5.91 Å². The van der Waals surface area contributed by atoms with Crippen LogP contribution in [0.3, 0.4) is 0 Å². The first-order valence-corrected chi connectivity index (χ1v) is 6.81. The second-order valence-electron chi connectivity index (χ2n) is 5.21. The molecule has 0 spiro atoms. The number of carbonyl (C=O) groups excluding carboxylic acids is 1. The average Bonchev–Trinajstić information content (AvgIpc) is 2.32. The van der Waals surface area contributed by atoms with Crippen molar-refractivity contribution < 1.29 is 9.18 Å². The van der Waals surface area contributed by atoms with Crippen LogP contribution >= 0.6 is 11.6 Å². The molecule has 2 atom stereocenters. The standard InChI is InChI=1S/C14H18ClFN2O/c1-8(2)18-13(19)6-5-12(17)14(18)10-4-3-9(15)7-11(10)16/h3-4,7-8,12,14H,5-6,17H2,1-2H3. The number of hydrogen-bond acceptors (Lipinski definition) is 2. The highest BCUT2D eigenvalue weighted by atomic mass is 35.5. The van der Waals surface area contributed by atoms with Gasteiger partial charge >= 0.3 is 0 Å². The van der Waals surface area contributed by atoms with E-state index in [1.54, 1.807) is 17.0 Å². The van der Waals surface area contributed by atoms with E-state index in [0.29, 0.717) is 23.4 Å². The maximum absolute atomic E-state index is 14.1. The maximum Gasteiger partial charge on any atom is 0.223 e. The number of halogens is 2. The SMILES string of the molecule is CC(C)N1C(=O)CCC(N)C1c1ccc(Cl)cc1F. The molecule has 1 aliphatic heterocycles. The zero-order valence-corrected chi connectivity index (χ0v) is 11.8. The highest BCUT2D eigenvalue weighted by Gasteiger charge is 2.37. The zero-order valence-electron chi connectivity index (χ0n) is 11.1. The molecule has 2 rings (SSSR count). The van der Waals surface area contributed by atoms with Gasteiger partial charge in [-0.05, 0) is 32.4 Å². The third kappa shape index (κ3) is 2.74. The van der Waals surface area contributed by atoms with Crippen LogP contribution in [0, 0.1) is 5.82 Å². The van der Waals surface area contributed by atoms with Crippen LogP contribution in [0.5, 0.6) is 0 Å². The van der Waals surface area contributed by atoms with E-state index in [9.17, 15) is 9.18 Å². The molecule has 1 aromatic rings. The van der Waals surface area contributed by atoms with Crippen molar-refractivity contribution in [1.29, 1.82) is 0 Å². The van der Waals surface area contributed by atoms with Crippen LogP contribution in [0.2, 0.25) is 5.02 Å². The number of rotatable bonds is 2. The largest absolute Gasteiger partial charge is 0.332 e. The normalized spacial score (nSPS) is 24.1. The molecule has 1 heterocycles. The monoisotopic (exact) mass is 284 g/mol. The molecule has 1 saturated heterocycles. The first-order chi connectivity index (χ1) is 8.91. The van der Waals surface area contributed by atoms with E-state index in [4.69, 9.17) is 17.3 Å². The van der Waals surface area contributed by atoms with E-state index in [-0.39, 0.29) is 18.0 Å². The molecule has 1 fully saturated rings. The van der Waals surface area contributed by atoms with Crippen LogP contribution < -0.4 is 5.73 Å². The summed E-state index contributed by atoms with van der Waals surface area (Å²) in [5.74, 6) is -0.385. The van der Waals surface area contributed by atoms with Crippen molar-refractivity contribution in [2.75, 3.05) is 0 Å². The fourth-order valence-corrected chi connectivity index (χ4v) is 2.83. The van der Waals surface area contributed by atoms with Crippen LogP contribution in [0.1, 0.15) is 38.3 Å². The number of likely N-dealkylation sites (tertiary alicyclic amines) is 1. The molecule has 3 nitrogen and oxygen atoms in total. The van der Waals surface area contributed by atoms with Gasteiger partial charge in [0.15, 0.2) is 0 Å². The Kier molecular flexibility index (Phi) is 4.11. The molecule has 1 amide bonds. The minimum absolute atomic E-state index is 0.0149. The smallest absolute Gasteiger partial charge is 0.223 e. The third-order valence-electron chi connectivity index (χ3n) is 3.52. The molecule has 0 bridgehead atoms. The second-order valence-corrected chi connectivity index (χ2v) is 5.64. The van der Waals surface area contributed by atoms with Gasteiger partial charge in [0, 0.05) is 29.1 Å². The van der Waals surface area contributed by atoms with E-state index in [1.807, 2.05) is 13.8 Å². The summed E-state index contributed by atoms with van der Waals surface area (Å²) in [6.45, 7) is 3.83. The second kappa shape index (κ2) is 5.47. The van der Waals surface area contributed by atoms with Crippen LogP contribution in [0.4, 0.5) is 4.39 Å². The Morgan fingerprint density at radius 1 is 1.47 bits per heavy atom. The molecule has 0 radical (unpaired) electrons. The van der Waals surface area contributed by atoms with E-state index in [1.165, 1.54) is 6.07 Å². The first-order valence-electron chi connectivity index (χ1n) is 6.43. The number of benzene rings is 1. The number of hydrogen-bond donors (Lipinski definition) is 1. The minimum atomic E-state index is -0.418. The van der Waals surface area contributed by atoms with Crippen LogP contribution in [0.25, 0.3) is 0 Å². The number of nitrogens with two attached hydrogens (primary N) is 1. The molecule has 1 aromatic carbocycles. The Labute approximate surface area is 117 Å². The Bertz CT molecular complexity index is 492. The van der Waals surface area contributed by atoms with Crippen LogP contribution in [-0.2, 0) is 4.79 Å². The average molecular weight is 285 g/mol. The topological polar surface area (TPSA) is 46.3 Å². The van der Waals surface area contributed by atoms with E-state index < -0.39 is 11.9 Å². The van der Waals surface area contributed by atoms with E-state index in [0.717, 1.165) is 0 Å². The maximum atomic E-state index is 14.1. The lowest BCUT2D eigenvalue weighted by atomic mass is 9.89. The molecule has 5 heteroatoms. The van der Waals surface area contributed by atoms with Crippen LogP contribution in [-0.4, -0.2) is 22.9 Å². The zero-order chi connectivity index (χ0) is 14.2. The van der Waals surface area contributed by atoms with E-state index >= 15 is 0 Å². The predicted octanol–water partition coefficient (Wildman–Crippen LogP) is 2.88. The molecule has 0 saturated carbocycles. The highest BCUT2D eigenvalue weighted by molar-refractivity contribution is 6.30. The molecule has 2 unspecified atom stereocenters. The van der Waals surface area contributed by atoms with Gasteiger partial charge in [-0.25, -0.2) is 4.39 Å². The number of piperidine rings is 1. The number of carbonyl (C=O) groups is 1. The van der Waals surface area contributed by atoms with Crippen molar-refractivity contribution in [2.24, 2.45) is 5.73 Å². The lowest BCUT2D eigenvalue weighted by Crippen LogP contribution is -2.51. The van der Waals surface area contributed by atoms with Gasteiger partial charge in [0.05, 0.1) is 6.04 Å². The Morgan fingerprint density at radius 2 is 2.16 bits per heavy atom. The lowest BCUT2D eigenvalue weighted by molar-refractivity contribution is -0.139. The van der Waals surface area contributed by atoms with Crippen LogP contribution in [0.15, 0.2) is 18.2 Å². The molecule has 0 aromatic heterocycles. The summed E-state index contributed by atoms with van der Waals surface area (Å²) in [5, 5.41) is 0.341. The molecule has 0 aliphatic carbocycles. The van der Waals surface area contributed by atoms with Gasteiger partial charge in [-0.3, -0.25) is 4.79 Å². The molecular weight excluding hydrogens is 267 g/mol. The number of amides is 1. The quantitative estimate of drug-likeness (QED) is 0.908. The van der Waals surface area contributed by atoms with Gasteiger partial charge < -0.3 is 10.6 Å². The fourth-order valence-electron chi connectivity index (χ4n) is 2.67. The van der Waals surface area contributed by atoms with Gasteiger partial charge in [-0.15, -0.1) is 0 Å². The Balaban J connectivity index is 2.45. The van der Waals surface area contributed by atoms with Gasteiger partial charge in [-0.2, -0.15) is 0 Å². The molecular formula is C14H18ClFN2O. The lowest BCUT2D eigenvalue weighted by Gasteiger charge is -2.42. The summed E-state index contributed by atoms with van der Waals surface area (Å²) < 4.78 is 14.1. The molecule has 19 heavy (non-hydrogen) atoms. The summed E-state index contributed by atoms with van der Waals surface area (Å²) in [4.78, 5) is 13.7. The molecule has 2 N–H and O–H groups in total. The fraction of sp³-hybridized carbons (Fsp3) is 0.500. The number of nitrogens with zero attached hydrogens (tertiary/aromatic N) is 1. The van der Waals surface area contributed by atoms with Gasteiger partial charge in [0.25, 0.3) is 0 Å². The van der Waals surface area contributed by atoms with Crippen molar-refractivity contribution in [1.82, 2.24) is 4.90 Å². The third-order valence-corrected chi connectivity index (χ3v) is 3.76. The van der Waals surface area contributed by atoms with Crippen molar-refractivity contribution >= 4 is 17.5 Å². The first kappa shape index (κ1) is 14.3. The minimum Gasteiger partial charge on any atom is -0.332 e. The summed E-state index contributed by atoms with van der Waals surface area (Å²) in [6.07, 6.45) is 1.000. The van der Waals surface area contributed by atoms with Gasteiger partial charge in [-0.1, -0.05) is 17.7 Å². The summed E-state index contributed by atoms with van der Waals surface area (Å²) in [5.41, 5.74) is 6.56. The van der Waals surface area contributed by atoms with Crippen molar-refractivity contribution in [3.05, 3.63) is 34.6 Å². The summed E-state index contributed by atoms with van der Waals surface area (Å²) in [6, 6.07) is 3.83. The summed E-state index contributed by atoms with van der Waals surface area (Å²) >= 11 is 5.77. The summed E-state index contributed by atoms with van der Waals surface area (Å²) in [7, 11) is 0. The molecule has 1 aliphatic rings.